The number of aromatic nitrogens is 1. The number of aromatic carboxylic acids is 1. The third-order valence-corrected chi connectivity index (χ3v) is 3.61. The first-order valence-corrected chi connectivity index (χ1v) is 7.15. The van der Waals surface area contributed by atoms with Gasteiger partial charge in [-0.3, -0.25) is 0 Å². The fourth-order valence-corrected chi connectivity index (χ4v) is 2.40. The van der Waals surface area contributed by atoms with E-state index in [2.05, 4.69) is 35.4 Å². The van der Waals surface area contributed by atoms with Crippen LogP contribution in [0.15, 0.2) is 54.7 Å². The maximum Gasteiger partial charge on any atom is 0.335 e. The second kappa shape index (κ2) is 5.85. The minimum Gasteiger partial charge on any atom is -0.478 e. The number of benzene rings is 2. The lowest BCUT2D eigenvalue weighted by molar-refractivity contribution is 0.0697. The molecular formula is C18H16N2O2. The van der Waals surface area contributed by atoms with Gasteiger partial charge in [0.1, 0.15) is 5.82 Å². The molecule has 0 saturated heterocycles. The molecule has 0 amide bonds. The van der Waals surface area contributed by atoms with Gasteiger partial charge in [0.25, 0.3) is 0 Å². The highest BCUT2D eigenvalue weighted by molar-refractivity contribution is 5.94. The van der Waals surface area contributed by atoms with Crippen LogP contribution in [0.25, 0.3) is 10.8 Å². The molecule has 4 nitrogen and oxygen atoms in total. The van der Waals surface area contributed by atoms with Crippen LogP contribution < -0.4 is 5.32 Å². The summed E-state index contributed by atoms with van der Waals surface area (Å²) < 4.78 is 0. The number of rotatable bonds is 4. The van der Waals surface area contributed by atoms with Crippen LogP contribution in [0, 0.1) is 0 Å². The number of anilines is 2. The number of carbonyl (C=O) groups is 1. The number of carboxylic acids is 1. The third-order valence-electron chi connectivity index (χ3n) is 3.61. The SMILES string of the molecule is CCc1ccc2ccnc(Nc3cccc(C(=O)O)c3)c2c1. The van der Waals surface area contributed by atoms with E-state index in [-0.39, 0.29) is 5.56 Å². The molecule has 1 aromatic heterocycles. The van der Waals surface area contributed by atoms with E-state index in [1.165, 1.54) is 5.56 Å². The molecule has 0 atom stereocenters. The van der Waals surface area contributed by atoms with Gasteiger partial charge in [-0.15, -0.1) is 0 Å². The number of hydrogen-bond donors (Lipinski definition) is 2. The smallest absolute Gasteiger partial charge is 0.335 e. The van der Waals surface area contributed by atoms with Crippen LogP contribution in [0.5, 0.6) is 0 Å². The van der Waals surface area contributed by atoms with Crippen LogP contribution in [0.3, 0.4) is 0 Å². The van der Waals surface area contributed by atoms with E-state index in [1.807, 2.05) is 12.1 Å². The van der Waals surface area contributed by atoms with Crippen molar-refractivity contribution in [3.05, 3.63) is 65.9 Å². The summed E-state index contributed by atoms with van der Waals surface area (Å²) in [6.07, 6.45) is 2.70. The maximum atomic E-state index is 11.1. The molecule has 0 aliphatic carbocycles. The zero-order chi connectivity index (χ0) is 15.5. The zero-order valence-electron chi connectivity index (χ0n) is 12.2. The summed E-state index contributed by atoms with van der Waals surface area (Å²) in [4.78, 5) is 15.5. The van der Waals surface area contributed by atoms with Gasteiger partial charge in [-0.25, -0.2) is 9.78 Å². The van der Waals surface area contributed by atoms with Crippen molar-refractivity contribution < 1.29 is 9.90 Å². The summed E-state index contributed by atoms with van der Waals surface area (Å²) in [5, 5.41) is 14.4. The van der Waals surface area contributed by atoms with Crippen molar-refractivity contribution in [3.8, 4) is 0 Å². The Morgan fingerprint density at radius 3 is 2.82 bits per heavy atom. The maximum absolute atomic E-state index is 11.1. The first-order chi connectivity index (χ1) is 10.7. The summed E-state index contributed by atoms with van der Waals surface area (Å²) >= 11 is 0. The molecule has 3 aromatic rings. The van der Waals surface area contributed by atoms with Crippen LogP contribution in [0.4, 0.5) is 11.5 Å². The van der Waals surface area contributed by atoms with Crippen LogP contribution in [-0.2, 0) is 6.42 Å². The van der Waals surface area contributed by atoms with Crippen LogP contribution in [0.1, 0.15) is 22.8 Å². The lowest BCUT2D eigenvalue weighted by Gasteiger charge is -2.10. The van der Waals surface area contributed by atoms with Gasteiger partial charge in [-0.05, 0) is 47.7 Å². The lowest BCUT2D eigenvalue weighted by Crippen LogP contribution is -1.99. The lowest BCUT2D eigenvalue weighted by atomic mass is 10.1. The van der Waals surface area contributed by atoms with E-state index < -0.39 is 5.97 Å². The second-order valence-corrected chi connectivity index (χ2v) is 5.08. The highest BCUT2D eigenvalue weighted by Crippen LogP contribution is 2.26. The van der Waals surface area contributed by atoms with Gasteiger partial charge in [0.2, 0.25) is 0 Å². The summed E-state index contributed by atoms with van der Waals surface area (Å²) in [6, 6.07) is 15.0. The molecule has 0 aliphatic heterocycles. The molecule has 0 fully saturated rings. The molecule has 110 valence electrons. The predicted octanol–water partition coefficient (Wildman–Crippen LogP) is 4.24. The Labute approximate surface area is 128 Å². The number of aryl methyl sites for hydroxylation is 1. The first-order valence-electron chi connectivity index (χ1n) is 7.15. The Kier molecular flexibility index (Phi) is 3.74. The Morgan fingerprint density at radius 2 is 2.05 bits per heavy atom. The normalized spacial score (nSPS) is 10.6. The van der Waals surface area contributed by atoms with Gasteiger partial charge in [0, 0.05) is 17.3 Å². The van der Waals surface area contributed by atoms with Gasteiger partial charge in [0.15, 0.2) is 0 Å². The predicted molar refractivity (Wildman–Crippen MR) is 87.8 cm³/mol. The number of pyridine rings is 1. The average molecular weight is 292 g/mol. The van der Waals surface area contributed by atoms with E-state index in [4.69, 9.17) is 5.11 Å². The van der Waals surface area contributed by atoms with E-state index in [0.717, 1.165) is 23.0 Å². The second-order valence-electron chi connectivity index (χ2n) is 5.08. The van der Waals surface area contributed by atoms with E-state index >= 15 is 0 Å². The molecule has 0 spiro atoms. The molecule has 0 bridgehead atoms. The van der Waals surface area contributed by atoms with Crippen molar-refractivity contribution >= 4 is 28.2 Å². The molecule has 0 aliphatic rings. The highest BCUT2D eigenvalue weighted by atomic mass is 16.4. The fraction of sp³-hybridized carbons (Fsp3) is 0.111. The van der Waals surface area contributed by atoms with Crippen molar-refractivity contribution in [1.82, 2.24) is 4.98 Å². The van der Waals surface area contributed by atoms with Crippen molar-refractivity contribution in [2.24, 2.45) is 0 Å². The van der Waals surface area contributed by atoms with Gasteiger partial charge >= 0.3 is 5.97 Å². The third kappa shape index (κ3) is 2.76. The molecule has 2 aromatic carbocycles. The molecule has 4 heteroatoms. The number of nitrogens with zero attached hydrogens (tertiary/aromatic N) is 1. The van der Waals surface area contributed by atoms with Crippen LogP contribution >= 0.6 is 0 Å². The van der Waals surface area contributed by atoms with Crippen molar-refractivity contribution in [3.63, 3.8) is 0 Å². The summed E-state index contributed by atoms with van der Waals surface area (Å²) in [5.41, 5.74) is 2.20. The molecule has 0 radical (unpaired) electrons. The standard InChI is InChI=1S/C18H16N2O2/c1-2-12-6-7-13-8-9-19-17(16(13)10-12)20-15-5-3-4-14(11-15)18(21)22/h3-11H,2H2,1H3,(H,19,20)(H,21,22). The highest BCUT2D eigenvalue weighted by Gasteiger charge is 2.06. The largest absolute Gasteiger partial charge is 0.478 e. The van der Waals surface area contributed by atoms with Gasteiger partial charge in [0.05, 0.1) is 5.56 Å². The van der Waals surface area contributed by atoms with Gasteiger partial charge < -0.3 is 10.4 Å². The number of hydrogen-bond acceptors (Lipinski definition) is 3. The molecule has 22 heavy (non-hydrogen) atoms. The summed E-state index contributed by atoms with van der Waals surface area (Å²) in [6.45, 7) is 2.11. The minimum atomic E-state index is -0.942. The molecule has 0 saturated carbocycles. The first kappa shape index (κ1) is 14.1. The molecule has 0 unspecified atom stereocenters. The van der Waals surface area contributed by atoms with E-state index in [1.54, 1.807) is 24.4 Å². The van der Waals surface area contributed by atoms with Gasteiger partial charge in [-0.2, -0.15) is 0 Å². The van der Waals surface area contributed by atoms with Crippen molar-refractivity contribution in [2.45, 2.75) is 13.3 Å². The molecule has 1 heterocycles. The van der Waals surface area contributed by atoms with Gasteiger partial charge in [-0.1, -0.05) is 25.1 Å². The van der Waals surface area contributed by atoms with Crippen molar-refractivity contribution in [1.29, 1.82) is 0 Å². The molecular weight excluding hydrogens is 276 g/mol. The summed E-state index contributed by atoms with van der Waals surface area (Å²) in [5.74, 6) is -0.210. The monoisotopic (exact) mass is 292 g/mol. The topological polar surface area (TPSA) is 62.2 Å². The number of carboxylic acid groups (broad SMARTS) is 1. The number of fused-ring (bicyclic) bond motifs is 1. The minimum absolute atomic E-state index is 0.250. The van der Waals surface area contributed by atoms with E-state index in [9.17, 15) is 4.79 Å². The van der Waals surface area contributed by atoms with Crippen LogP contribution in [-0.4, -0.2) is 16.1 Å². The van der Waals surface area contributed by atoms with E-state index in [0.29, 0.717) is 5.69 Å². The van der Waals surface area contributed by atoms with Crippen molar-refractivity contribution in [2.75, 3.05) is 5.32 Å². The molecule has 2 N–H and O–H groups in total. The zero-order valence-corrected chi connectivity index (χ0v) is 12.2. The quantitative estimate of drug-likeness (QED) is 0.755. The average Bonchev–Trinajstić information content (AvgIpc) is 2.55. The summed E-state index contributed by atoms with van der Waals surface area (Å²) in [7, 11) is 0. The Bertz CT molecular complexity index is 843. The fourth-order valence-electron chi connectivity index (χ4n) is 2.40. The Hall–Kier alpha value is -2.88. The molecule has 3 rings (SSSR count). The van der Waals surface area contributed by atoms with Crippen LogP contribution in [0.2, 0.25) is 0 Å². The Morgan fingerprint density at radius 1 is 1.18 bits per heavy atom. The number of nitrogens with one attached hydrogen (secondary N) is 1. The Balaban J connectivity index is 2.03.